The number of esters is 1. The molecule has 8 nitrogen and oxygen atoms in total. The van der Waals surface area contributed by atoms with E-state index in [4.69, 9.17) is 13.9 Å². The first-order valence-corrected chi connectivity index (χ1v) is 10.3. The van der Waals surface area contributed by atoms with Crippen LogP contribution in [0.4, 0.5) is 5.69 Å². The van der Waals surface area contributed by atoms with Crippen LogP contribution in [0.5, 0.6) is 5.75 Å². The highest BCUT2D eigenvalue weighted by Gasteiger charge is 2.12. The molecule has 1 aromatic heterocycles. The second kappa shape index (κ2) is 9.83. The van der Waals surface area contributed by atoms with Crippen molar-refractivity contribution >= 4 is 22.6 Å². The number of non-ortho nitro benzene ring substituents is 1. The number of rotatable bonds is 8. The lowest BCUT2D eigenvalue weighted by Gasteiger charge is -2.09. The summed E-state index contributed by atoms with van der Waals surface area (Å²) in [6.45, 7) is 3.84. The van der Waals surface area contributed by atoms with Gasteiger partial charge in [0.15, 0.2) is 5.43 Å². The Bertz CT molecular complexity index is 1440. The van der Waals surface area contributed by atoms with Gasteiger partial charge in [0.2, 0.25) is 0 Å². The number of fused-ring (bicyclic) bond motifs is 1. The van der Waals surface area contributed by atoms with Crippen LogP contribution in [0.15, 0.2) is 94.9 Å². The largest absolute Gasteiger partial charge is 0.489 e. The summed E-state index contributed by atoms with van der Waals surface area (Å²) in [4.78, 5) is 35.3. The van der Waals surface area contributed by atoms with Crippen molar-refractivity contribution in [2.45, 2.75) is 6.61 Å². The van der Waals surface area contributed by atoms with E-state index >= 15 is 0 Å². The van der Waals surface area contributed by atoms with Crippen LogP contribution in [0, 0.1) is 10.1 Å². The lowest BCUT2D eigenvalue weighted by Crippen LogP contribution is -2.06. The molecule has 0 N–H and O–H groups in total. The van der Waals surface area contributed by atoms with Crippen LogP contribution in [0.25, 0.3) is 22.1 Å². The molecule has 0 spiro atoms. The third kappa shape index (κ3) is 4.86. The SMILES string of the molecule is C=CCOC(=O)c1cccc(COc2ccc3c(=O)c(-c4ccc([N+](=O)[O-])cc4)coc3c2)c1. The second-order valence-electron chi connectivity index (χ2n) is 7.32. The van der Waals surface area contributed by atoms with E-state index in [0.29, 0.717) is 33.4 Å². The molecular weight excluding hydrogens is 438 g/mol. The first kappa shape index (κ1) is 22.5. The van der Waals surface area contributed by atoms with Crippen molar-refractivity contribution in [2.24, 2.45) is 0 Å². The van der Waals surface area contributed by atoms with Gasteiger partial charge in [-0.05, 0) is 47.5 Å². The molecule has 34 heavy (non-hydrogen) atoms. The molecule has 0 aliphatic carbocycles. The van der Waals surface area contributed by atoms with Gasteiger partial charge in [0.1, 0.15) is 30.8 Å². The van der Waals surface area contributed by atoms with Gasteiger partial charge in [-0.15, -0.1) is 0 Å². The number of nitro benzene ring substituents is 1. The smallest absolute Gasteiger partial charge is 0.338 e. The molecule has 0 aliphatic rings. The molecule has 0 amide bonds. The molecule has 8 heteroatoms. The Morgan fingerprint density at radius 3 is 2.62 bits per heavy atom. The molecule has 0 saturated carbocycles. The normalized spacial score (nSPS) is 10.6. The van der Waals surface area contributed by atoms with Crippen LogP contribution < -0.4 is 10.2 Å². The number of carbonyl (C=O) groups excluding carboxylic acids is 1. The summed E-state index contributed by atoms with van der Waals surface area (Å²) < 4.78 is 16.5. The highest BCUT2D eigenvalue weighted by Crippen LogP contribution is 2.25. The predicted octanol–water partition coefficient (Wildman–Crippen LogP) is 5.29. The minimum atomic E-state index is -0.501. The molecule has 0 fully saturated rings. The van der Waals surface area contributed by atoms with E-state index in [1.54, 1.807) is 36.4 Å². The van der Waals surface area contributed by atoms with Gasteiger partial charge in [-0.1, -0.05) is 24.8 Å². The molecule has 0 bridgehead atoms. The Kier molecular flexibility index (Phi) is 6.49. The maximum absolute atomic E-state index is 12.9. The lowest BCUT2D eigenvalue weighted by atomic mass is 10.1. The summed E-state index contributed by atoms with van der Waals surface area (Å²) in [5.41, 5.74) is 2.02. The van der Waals surface area contributed by atoms with E-state index in [1.165, 1.54) is 36.6 Å². The highest BCUT2D eigenvalue weighted by atomic mass is 16.6. The molecule has 0 atom stereocenters. The Balaban J connectivity index is 1.52. The van der Waals surface area contributed by atoms with E-state index in [2.05, 4.69) is 6.58 Å². The Morgan fingerprint density at radius 2 is 1.88 bits per heavy atom. The van der Waals surface area contributed by atoms with Crippen LogP contribution >= 0.6 is 0 Å². The zero-order valence-electron chi connectivity index (χ0n) is 17.9. The Morgan fingerprint density at radius 1 is 1.09 bits per heavy atom. The van der Waals surface area contributed by atoms with Gasteiger partial charge in [-0.25, -0.2) is 4.79 Å². The van der Waals surface area contributed by atoms with Crippen molar-refractivity contribution in [1.82, 2.24) is 0 Å². The van der Waals surface area contributed by atoms with Crippen molar-refractivity contribution in [3.63, 3.8) is 0 Å². The lowest BCUT2D eigenvalue weighted by molar-refractivity contribution is -0.384. The number of benzene rings is 3. The van der Waals surface area contributed by atoms with Gasteiger partial charge in [-0.2, -0.15) is 0 Å². The van der Waals surface area contributed by atoms with Crippen molar-refractivity contribution in [1.29, 1.82) is 0 Å². The highest BCUT2D eigenvalue weighted by molar-refractivity contribution is 5.89. The fourth-order valence-electron chi connectivity index (χ4n) is 3.33. The van der Waals surface area contributed by atoms with E-state index in [0.717, 1.165) is 5.56 Å². The Hall–Kier alpha value is -4.72. The van der Waals surface area contributed by atoms with Crippen LogP contribution in [0.1, 0.15) is 15.9 Å². The monoisotopic (exact) mass is 457 g/mol. The molecule has 0 aliphatic heterocycles. The molecule has 0 unspecified atom stereocenters. The van der Waals surface area contributed by atoms with E-state index in [1.807, 2.05) is 6.07 Å². The molecule has 170 valence electrons. The van der Waals surface area contributed by atoms with Gasteiger partial charge in [0, 0.05) is 18.2 Å². The summed E-state index contributed by atoms with van der Waals surface area (Å²) in [6, 6.07) is 17.5. The summed E-state index contributed by atoms with van der Waals surface area (Å²) in [7, 11) is 0. The standard InChI is InChI=1S/C26H19NO7/c1-2-12-32-26(29)19-5-3-4-17(13-19)15-33-21-10-11-22-24(14-21)34-16-23(25(22)28)18-6-8-20(9-7-18)27(30)31/h2-11,13-14,16H,1,12,15H2. The van der Waals surface area contributed by atoms with E-state index < -0.39 is 10.9 Å². The minimum absolute atomic E-state index is 0.0603. The fraction of sp³-hybridized carbons (Fsp3) is 0.0769. The summed E-state index contributed by atoms with van der Waals surface area (Å²) in [5, 5.41) is 11.2. The summed E-state index contributed by atoms with van der Waals surface area (Å²) in [6.07, 6.45) is 2.83. The van der Waals surface area contributed by atoms with E-state index in [9.17, 15) is 19.7 Å². The zero-order chi connectivity index (χ0) is 24.1. The minimum Gasteiger partial charge on any atom is -0.489 e. The zero-order valence-corrected chi connectivity index (χ0v) is 17.9. The molecule has 4 rings (SSSR count). The number of ether oxygens (including phenoxy) is 2. The number of hydrogen-bond acceptors (Lipinski definition) is 7. The van der Waals surface area contributed by atoms with Crippen LogP contribution in [0.2, 0.25) is 0 Å². The second-order valence-corrected chi connectivity index (χ2v) is 7.32. The van der Waals surface area contributed by atoms with E-state index in [-0.39, 0.29) is 24.3 Å². The van der Waals surface area contributed by atoms with Crippen LogP contribution in [-0.2, 0) is 11.3 Å². The van der Waals surface area contributed by atoms with Gasteiger partial charge in [-0.3, -0.25) is 14.9 Å². The van der Waals surface area contributed by atoms with Crippen molar-refractivity contribution in [3.8, 4) is 16.9 Å². The molecule has 3 aromatic carbocycles. The van der Waals surface area contributed by atoms with Crippen LogP contribution in [0.3, 0.4) is 0 Å². The van der Waals surface area contributed by atoms with Crippen molar-refractivity contribution in [2.75, 3.05) is 6.61 Å². The maximum atomic E-state index is 12.9. The van der Waals surface area contributed by atoms with Gasteiger partial charge >= 0.3 is 5.97 Å². The molecular formula is C26H19NO7. The van der Waals surface area contributed by atoms with Gasteiger partial charge < -0.3 is 13.9 Å². The summed E-state index contributed by atoms with van der Waals surface area (Å²) >= 11 is 0. The van der Waals surface area contributed by atoms with Gasteiger partial charge in [0.05, 0.1) is 21.4 Å². The third-order valence-corrected chi connectivity index (χ3v) is 5.04. The third-order valence-electron chi connectivity index (χ3n) is 5.04. The van der Waals surface area contributed by atoms with Crippen LogP contribution in [-0.4, -0.2) is 17.5 Å². The predicted molar refractivity (Wildman–Crippen MR) is 126 cm³/mol. The number of carbonyl (C=O) groups is 1. The fourth-order valence-corrected chi connectivity index (χ4v) is 3.33. The number of nitro groups is 1. The topological polar surface area (TPSA) is 109 Å². The van der Waals surface area contributed by atoms with Crippen molar-refractivity contribution in [3.05, 3.63) is 117 Å². The average molecular weight is 457 g/mol. The molecule has 1 heterocycles. The molecule has 0 saturated heterocycles. The number of hydrogen-bond donors (Lipinski definition) is 0. The molecule has 0 radical (unpaired) electrons. The van der Waals surface area contributed by atoms with Crippen molar-refractivity contribution < 1.29 is 23.6 Å². The maximum Gasteiger partial charge on any atom is 0.338 e. The quantitative estimate of drug-likeness (QED) is 0.153. The molecule has 4 aromatic rings. The van der Waals surface area contributed by atoms with Gasteiger partial charge in [0.25, 0.3) is 5.69 Å². The average Bonchev–Trinajstić information content (AvgIpc) is 2.86. The number of nitrogens with zero attached hydrogens (tertiary/aromatic N) is 1. The summed E-state index contributed by atoms with van der Waals surface area (Å²) in [5.74, 6) is 0.0384. The Labute approximate surface area is 193 Å². The first-order valence-electron chi connectivity index (χ1n) is 10.3. The first-order chi connectivity index (χ1) is 16.5.